The standard InChI is InChI=1S/C18H21N3OS/c19-12-16-15-8-10-21(13-17(15)23-18(16)20)9-4-5-11-22-14-6-2-1-3-7-14/h1-3,6-7H,4-5,8-11,13,20H2. The smallest absolute Gasteiger partial charge is 0.119 e. The second-order valence-electron chi connectivity index (χ2n) is 5.75. The quantitative estimate of drug-likeness (QED) is 0.826. The molecular formula is C18H21N3OS. The molecule has 0 saturated carbocycles. The zero-order valence-electron chi connectivity index (χ0n) is 13.1. The molecule has 1 aromatic heterocycles. The molecule has 1 aliphatic heterocycles. The molecule has 5 heteroatoms. The van der Waals surface area contributed by atoms with Crippen molar-refractivity contribution >= 4 is 16.3 Å². The summed E-state index contributed by atoms with van der Waals surface area (Å²) in [5.41, 5.74) is 7.82. The van der Waals surface area contributed by atoms with Crippen LogP contribution in [-0.4, -0.2) is 24.6 Å². The van der Waals surface area contributed by atoms with Crippen molar-refractivity contribution in [3.05, 3.63) is 46.3 Å². The normalized spacial score (nSPS) is 14.2. The van der Waals surface area contributed by atoms with Crippen molar-refractivity contribution < 1.29 is 4.74 Å². The highest BCUT2D eigenvalue weighted by Crippen LogP contribution is 2.34. The van der Waals surface area contributed by atoms with Crippen LogP contribution in [0.2, 0.25) is 0 Å². The molecular weight excluding hydrogens is 306 g/mol. The average Bonchev–Trinajstić information content (AvgIpc) is 2.89. The van der Waals surface area contributed by atoms with Gasteiger partial charge in [0, 0.05) is 18.0 Å². The lowest BCUT2D eigenvalue weighted by Crippen LogP contribution is -2.30. The fraction of sp³-hybridized carbons (Fsp3) is 0.389. The first-order valence-corrected chi connectivity index (χ1v) is 8.80. The van der Waals surface area contributed by atoms with Gasteiger partial charge in [0.15, 0.2) is 0 Å². The van der Waals surface area contributed by atoms with E-state index >= 15 is 0 Å². The molecule has 0 fully saturated rings. The zero-order valence-corrected chi connectivity index (χ0v) is 13.9. The van der Waals surface area contributed by atoms with Crippen molar-refractivity contribution in [1.29, 1.82) is 5.26 Å². The molecule has 0 atom stereocenters. The molecule has 0 unspecified atom stereocenters. The van der Waals surface area contributed by atoms with Gasteiger partial charge in [-0.1, -0.05) is 18.2 Å². The lowest BCUT2D eigenvalue weighted by molar-refractivity contribution is 0.237. The van der Waals surface area contributed by atoms with E-state index in [1.165, 1.54) is 10.4 Å². The Morgan fingerprint density at radius 2 is 2.09 bits per heavy atom. The van der Waals surface area contributed by atoms with E-state index in [-0.39, 0.29) is 0 Å². The van der Waals surface area contributed by atoms with Gasteiger partial charge in [-0.2, -0.15) is 5.26 Å². The van der Waals surface area contributed by atoms with Gasteiger partial charge >= 0.3 is 0 Å². The highest BCUT2D eigenvalue weighted by Gasteiger charge is 2.22. The Kier molecular flexibility index (Phi) is 5.16. The number of anilines is 1. The molecule has 2 N–H and O–H groups in total. The van der Waals surface area contributed by atoms with Crippen LogP contribution in [0, 0.1) is 11.3 Å². The van der Waals surface area contributed by atoms with E-state index in [4.69, 9.17) is 10.5 Å². The minimum Gasteiger partial charge on any atom is -0.494 e. The summed E-state index contributed by atoms with van der Waals surface area (Å²) in [4.78, 5) is 3.72. The Morgan fingerprint density at radius 3 is 2.87 bits per heavy atom. The summed E-state index contributed by atoms with van der Waals surface area (Å²) in [6.07, 6.45) is 3.11. The van der Waals surface area contributed by atoms with Crippen LogP contribution in [0.1, 0.15) is 28.8 Å². The number of nitrogens with two attached hydrogens (primary N) is 1. The third-order valence-electron chi connectivity index (χ3n) is 4.16. The Hall–Kier alpha value is -2.03. The molecule has 0 bridgehead atoms. The Bertz CT molecular complexity index is 690. The molecule has 0 spiro atoms. The van der Waals surface area contributed by atoms with Crippen molar-refractivity contribution in [2.75, 3.05) is 25.4 Å². The fourth-order valence-corrected chi connectivity index (χ4v) is 4.05. The van der Waals surface area contributed by atoms with Crippen LogP contribution in [0.25, 0.3) is 0 Å². The summed E-state index contributed by atoms with van der Waals surface area (Å²) in [5, 5.41) is 9.85. The van der Waals surface area contributed by atoms with Gasteiger partial charge in [0.05, 0.1) is 12.2 Å². The number of hydrogen-bond donors (Lipinski definition) is 1. The number of unbranched alkanes of at least 4 members (excludes halogenated alkanes) is 1. The maximum atomic E-state index is 9.17. The number of hydrogen-bond acceptors (Lipinski definition) is 5. The number of nitrogens with zero attached hydrogens (tertiary/aromatic N) is 2. The summed E-state index contributed by atoms with van der Waals surface area (Å²) in [5.74, 6) is 0.938. The van der Waals surface area contributed by atoms with Crippen molar-refractivity contribution in [3.63, 3.8) is 0 Å². The van der Waals surface area contributed by atoms with Crippen LogP contribution in [0.15, 0.2) is 30.3 Å². The van der Waals surface area contributed by atoms with Gasteiger partial charge in [-0.25, -0.2) is 0 Å². The van der Waals surface area contributed by atoms with Crippen LogP contribution in [-0.2, 0) is 13.0 Å². The average molecular weight is 327 g/mol. The molecule has 0 aliphatic carbocycles. The lowest BCUT2D eigenvalue weighted by atomic mass is 10.0. The molecule has 1 aliphatic rings. The monoisotopic (exact) mass is 327 g/mol. The van der Waals surface area contributed by atoms with E-state index in [1.54, 1.807) is 11.3 Å². The van der Waals surface area contributed by atoms with Gasteiger partial charge in [0.25, 0.3) is 0 Å². The lowest BCUT2D eigenvalue weighted by Gasteiger charge is -2.26. The number of ether oxygens (including phenoxy) is 1. The summed E-state index contributed by atoms with van der Waals surface area (Å²) in [6, 6.07) is 12.2. The molecule has 3 rings (SSSR count). The summed E-state index contributed by atoms with van der Waals surface area (Å²) in [6.45, 7) is 3.76. The largest absolute Gasteiger partial charge is 0.494 e. The molecule has 0 amide bonds. The number of para-hydroxylation sites is 1. The number of benzene rings is 1. The Balaban J connectivity index is 1.41. The third kappa shape index (κ3) is 3.84. The van der Waals surface area contributed by atoms with E-state index in [2.05, 4.69) is 11.0 Å². The Morgan fingerprint density at radius 1 is 1.26 bits per heavy atom. The molecule has 23 heavy (non-hydrogen) atoms. The highest BCUT2D eigenvalue weighted by molar-refractivity contribution is 7.16. The third-order valence-corrected chi connectivity index (χ3v) is 5.20. The molecule has 0 saturated heterocycles. The topological polar surface area (TPSA) is 62.3 Å². The van der Waals surface area contributed by atoms with E-state index < -0.39 is 0 Å². The maximum absolute atomic E-state index is 9.17. The van der Waals surface area contributed by atoms with E-state index in [9.17, 15) is 5.26 Å². The molecule has 2 heterocycles. The zero-order chi connectivity index (χ0) is 16.1. The summed E-state index contributed by atoms with van der Waals surface area (Å²) >= 11 is 1.58. The first-order chi connectivity index (χ1) is 11.3. The summed E-state index contributed by atoms with van der Waals surface area (Å²) < 4.78 is 5.72. The second kappa shape index (κ2) is 7.49. The van der Waals surface area contributed by atoms with Crippen molar-refractivity contribution in [2.45, 2.75) is 25.8 Å². The van der Waals surface area contributed by atoms with Gasteiger partial charge in [0.2, 0.25) is 0 Å². The van der Waals surface area contributed by atoms with Crippen LogP contribution in [0.3, 0.4) is 0 Å². The minimum absolute atomic E-state index is 0.676. The minimum atomic E-state index is 0.676. The second-order valence-corrected chi connectivity index (χ2v) is 6.89. The van der Waals surface area contributed by atoms with Crippen LogP contribution >= 0.6 is 11.3 Å². The summed E-state index contributed by atoms with van der Waals surface area (Å²) in [7, 11) is 0. The van der Waals surface area contributed by atoms with Gasteiger partial charge in [0.1, 0.15) is 16.8 Å². The van der Waals surface area contributed by atoms with Crippen molar-refractivity contribution in [2.24, 2.45) is 0 Å². The SMILES string of the molecule is N#Cc1c(N)sc2c1CCN(CCCCOc1ccccc1)C2. The molecule has 2 aromatic rings. The molecule has 4 nitrogen and oxygen atoms in total. The van der Waals surface area contributed by atoms with E-state index in [0.717, 1.165) is 51.3 Å². The molecule has 1 aromatic carbocycles. The molecule has 120 valence electrons. The van der Waals surface area contributed by atoms with E-state index in [0.29, 0.717) is 10.6 Å². The van der Waals surface area contributed by atoms with Gasteiger partial charge in [-0.3, -0.25) is 4.90 Å². The number of thiophene rings is 1. The van der Waals surface area contributed by atoms with E-state index in [1.807, 2.05) is 30.3 Å². The number of rotatable bonds is 6. The van der Waals surface area contributed by atoms with Crippen LogP contribution in [0.5, 0.6) is 5.75 Å². The van der Waals surface area contributed by atoms with Crippen LogP contribution < -0.4 is 10.5 Å². The molecule has 0 radical (unpaired) electrons. The first-order valence-electron chi connectivity index (χ1n) is 7.98. The Labute approximate surface area is 141 Å². The number of nitriles is 1. The van der Waals surface area contributed by atoms with Gasteiger partial charge in [-0.05, 0) is 43.5 Å². The van der Waals surface area contributed by atoms with Crippen LogP contribution in [0.4, 0.5) is 5.00 Å². The van der Waals surface area contributed by atoms with Crippen molar-refractivity contribution in [3.8, 4) is 11.8 Å². The predicted octanol–water partition coefficient (Wildman–Crippen LogP) is 3.42. The highest BCUT2D eigenvalue weighted by atomic mass is 32.1. The van der Waals surface area contributed by atoms with Gasteiger partial charge < -0.3 is 10.5 Å². The fourth-order valence-electron chi connectivity index (χ4n) is 2.94. The number of fused-ring (bicyclic) bond motifs is 1. The van der Waals surface area contributed by atoms with Crippen molar-refractivity contribution in [1.82, 2.24) is 4.90 Å². The van der Waals surface area contributed by atoms with Gasteiger partial charge in [-0.15, -0.1) is 11.3 Å². The number of nitrogen functional groups attached to an aromatic ring is 1. The maximum Gasteiger partial charge on any atom is 0.119 e. The predicted molar refractivity (Wildman–Crippen MR) is 93.6 cm³/mol. The first kappa shape index (κ1) is 15.9.